The average Bonchev–Trinajstić information content (AvgIpc) is 3.04. The maximum atomic E-state index is 9.27. The Kier molecular flexibility index (Phi) is 4.32. The molecule has 1 aliphatic rings. The van der Waals surface area contributed by atoms with Crippen molar-refractivity contribution in [2.24, 2.45) is 0 Å². The minimum Gasteiger partial charge on any atom is -0.369 e. The predicted molar refractivity (Wildman–Crippen MR) is 85.2 cm³/mol. The number of anilines is 1. The molecule has 0 spiro atoms. The quantitative estimate of drug-likeness (QED) is 0.855. The molecule has 1 aromatic carbocycles. The Balaban J connectivity index is 1.63. The van der Waals surface area contributed by atoms with Gasteiger partial charge in [0.2, 0.25) is 0 Å². The highest BCUT2D eigenvalue weighted by Crippen LogP contribution is 2.19. The second-order valence-corrected chi connectivity index (χ2v) is 5.52. The first kappa shape index (κ1) is 13.8. The Morgan fingerprint density at radius 1 is 1.24 bits per heavy atom. The molecule has 1 aliphatic heterocycles. The fraction of sp³-hybridized carbons (Fsp3) is 0.412. The van der Waals surface area contributed by atoms with E-state index in [2.05, 4.69) is 21.3 Å². The van der Waals surface area contributed by atoms with Crippen molar-refractivity contribution in [2.75, 3.05) is 31.5 Å². The number of nitriles is 1. The minimum absolute atomic E-state index is 0.620. The van der Waals surface area contributed by atoms with E-state index >= 15 is 0 Å². The molecule has 2 aromatic rings. The first-order valence-electron chi connectivity index (χ1n) is 7.63. The predicted octanol–water partition coefficient (Wildman–Crippen LogP) is 3.00. The van der Waals surface area contributed by atoms with E-state index in [0.717, 1.165) is 30.4 Å². The van der Waals surface area contributed by atoms with Gasteiger partial charge in [0.25, 0.3) is 0 Å². The van der Waals surface area contributed by atoms with Gasteiger partial charge in [-0.05, 0) is 51.0 Å². The molecule has 108 valence electrons. The monoisotopic (exact) mass is 280 g/mol. The summed E-state index contributed by atoms with van der Waals surface area (Å²) in [5.41, 5.74) is 1.55. The summed E-state index contributed by atoms with van der Waals surface area (Å²) in [6.07, 6.45) is 3.75. The molecule has 1 saturated heterocycles. The highest BCUT2D eigenvalue weighted by Gasteiger charge is 2.11. The Labute approximate surface area is 125 Å². The Morgan fingerprint density at radius 3 is 2.86 bits per heavy atom. The fourth-order valence-corrected chi connectivity index (χ4v) is 2.85. The fourth-order valence-electron chi connectivity index (χ4n) is 2.85. The maximum absolute atomic E-state index is 9.27. The lowest BCUT2D eigenvalue weighted by Crippen LogP contribution is -2.22. The molecule has 0 radical (unpaired) electrons. The number of aromatic nitrogens is 1. The smallest absolute Gasteiger partial charge is 0.144 e. The van der Waals surface area contributed by atoms with Gasteiger partial charge < -0.3 is 10.2 Å². The zero-order chi connectivity index (χ0) is 14.5. The van der Waals surface area contributed by atoms with Crippen LogP contribution in [0.1, 0.15) is 24.8 Å². The van der Waals surface area contributed by atoms with Gasteiger partial charge >= 0.3 is 0 Å². The highest BCUT2D eigenvalue weighted by atomic mass is 15.1. The van der Waals surface area contributed by atoms with E-state index in [1.54, 1.807) is 0 Å². The summed E-state index contributed by atoms with van der Waals surface area (Å²) in [5.74, 6) is 0.706. The van der Waals surface area contributed by atoms with Crippen LogP contribution < -0.4 is 5.32 Å². The molecule has 4 heteroatoms. The van der Waals surface area contributed by atoms with E-state index in [-0.39, 0.29) is 0 Å². The number of pyridine rings is 1. The topological polar surface area (TPSA) is 52.0 Å². The van der Waals surface area contributed by atoms with E-state index < -0.39 is 0 Å². The first-order chi connectivity index (χ1) is 10.4. The molecule has 1 N–H and O–H groups in total. The van der Waals surface area contributed by atoms with Gasteiger partial charge in [0.05, 0.1) is 11.1 Å². The van der Waals surface area contributed by atoms with Crippen molar-refractivity contribution >= 4 is 16.7 Å². The SMILES string of the molecule is N#Cc1cc2ccccc2nc1NCCCN1CCCC1. The number of rotatable bonds is 5. The zero-order valence-corrected chi connectivity index (χ0v) is 12.2. The summed E-state index contributed by atoms with van der Waals surface area (Å²) >= 11 is 0. The summed E-state index contributed by atoms with van der Waals surface area (Å²) in [6.45, 7) is 4.45. The molecule has 2 heterocycles. The summed E-state index contributed by atoms with van der Waals surface area (Å²) in [4.78, 5) is 7.07. The van der Waals surface area contributed by atoms with Crippen molar-refractivity contribution in [3.8, 4) is 6.07 Å². The van der Waals surface area contributed by atoms with E-state index in [0.29, 0.717) is 11.4 Å². The molecule has 1 aromatic heterocycles. The van der Waals surface area contributed by atoms with Gasteiger partial charge in [-0.15, -0.1) is 0 Å². The van der Waals surface area contributed by atoms with Crippen molar-refractivity contribution < 1.29 is 0 Å². The highest BCUT2D eigenvalue weighted by molar-refractivity contribution is 5.82. The minimum atomic E-state index is 0.620. The van der Waals surface area contributed by atoms with E-state index in [1.807, 2.05) is 30.3 Å². The molecular weight excluding hydrogens is 260 g/mol. The molecule has 0 atom stereocenters. The molecule has 0 unspecified atom stereocenters. The Morgan fingerprint density at radius 2 is 2.05 bits per heavy atom. The van der Waals surface area contributed by atoms with Crippen LogP contribution in [0.2, 0.25) is 0 Å². The average molecular weight is 280 g/mol. The van der Waals surface area contributed by atoms with Crippen LogP contribution in [-0.4, -0.2) is 36.1 Å². The largest absolute Gasteiger partial charge is 0.369 e. The van der Waals surface area contributed by atoms with Crippen LogP contribution in [0.5, 0.6) is 0 Å². The van der Waals surface area contributed by atoms with Crippen LogP contribution in [0.15, 0.2) is 30.3 Å². The molecule has 21 heavy (non-hydrogen) atoms. The van der Waals surface area contributed by atoms with Gasteiger partial charge in [-0.1, -0.05) is 18.2 Å². The van der Waals surface area contributed by atoms with Crippen molar-refractivity contribution in [2.45, 2.75) is 19.3 Å². The van der Waals surface area contributed by atoms with Crippen LogP contribution in [0.3, 0.4) is 0 Å². The molecule has 0 aliphatic carbocycles. The van der Waals surface area contributed by atoms with Gasteiger partial charge in [0.15, 0.2) is 0 Å². The van der Waals surface area contributed by atoms with E-state index in [4.69, 9.17) is 0 Å². The first-order valence-corrected chi connectivity index (χ1v) is 7.63. The number of para-hydroxylation sites is 1. The Bertz CT molecular complexity index is 653. The molecule has 3 rings (SSSR count). The van der Waals surface area contributed by atoms with Crippen LogP contribution >= 0.6 is 0 Å². The van der Waals surface area contributed by atoms with Crippen molar-refractivity contribution in [3.63, 3.8) is 0 Å². The third-order valence-corrected chi connectivity index (χ3v) is 3.99. The van der Waals surface area contributed by atoms with Gasteiger partial charge in [-0.25, -0.2) is 4.98 Å². The number of benzene rings is 1. The third-order valence-electron chi connectivity index (χ3n) is 3.99. The van der Waals surface area contributed by atoms with E-state index in [1.165, 1.54) is 25.9 Å². The summed E-state index contributed by atoms with van der Waals surface area (Å²) < 4.78 is 0. The molecule has 0 bridgehead atoms. The molecule has 0 saturated carbocycles. The molecule has 4 nitrogen and oxygen atoms in total. The summed E-state index contributed by atoms with van der Waals surface area (Å²) in [6, 6.07) is 12.0. The second-order valence-electron chi connectivity index (χ2n) is 5.52. The standard InChI is InChI=1S/C17H20N4/c18-13-15-12-14-6-1-2-7-16(14)20-17(15)19-8-5-11-21-9-3-4-10-21/h1-2,6-7,12H,3-5,8-11H2,(H,19,20). The molecule has 1 fully saturated rings. The van der Waals surface area contributed by atoms with Gasteiger partial charge in [-0.2, -0.15) is 5.26 Å². The van der Waals surface area contributed by atoms with Crippen LogP contribution in [0.4, 0.5) is 5.82 Å². The normalized spacial score (nSPS) is 15.2. The lowest BCUT2D eigenvalue weighted by molar-refractivity contribution is 0.337. The second kappa shape index (κ2) is 6.55. The maximum Gasteiger partial charge on any atom is 0.144 e. The zero-order valence-electron chi connectivity index (χ0n) is 12.2. The van der Waals surface area contributed by atoms with Crippen molar-refractivity contribution in [1.29, 1.82) is 5.26 Å². The van der Waals surface area contributed by atoms with Crippen LogP contribution in [0, 0.1) is 11.3 Å². The van der Waals surface area contributed by atoms with Gasteiger partial charge in [0.1, 0.15) is 11.9 Å². The van der Waals surface area contributed by atoms with Crippen molar-refractivity contribution in [3.05, 3.63) is 35.9 Å². The number of fused-ring (bicyclic) bond motifs is 1. The molecule has 0 amide bonds. The van der Waals surface area contributed by atoms with Crippen molar-refractivity contribution in [1.82, 2.24) is 9.88 Å². The number of nitrogens with zero attached hydrogens (tertiary/aromatic N) is 3. The van der Waals surface area contributed by atoms with Gasteiger partial charge in [0, 0.05) is 11.9 Å². The molecular formula is C17H20N4. The lowest BCUT2D eigenvalue weighted by atomic mass is 10.1. The number of likely N-dealkylation sites (tertiary alicyclic amines) is 1. The number of nitrogens with one attached hydrogen (secondary N) is 1. The summed E-state index contributed by atoms with van der Waals surface area (Å²) in [7, 11) is 0. The lowest BCUT2D eigenvalue weighted by Gasteiger charge is -2.15. The van der Waals surface area contributed by atoms with E-state index in [9.17, 15) is 5.26 Å². The number of hydrogen-bond acceptors (Lipinski definition) is 4. The Hall–Kier alpha value is -2.12. The van der Waals surface area contributed by atoms with Gasteiger partial charge in [-0.3, -0.25) is 0 Å². The number of hydrogen-bond donors (Lipinski definition) is 1. The van der Waals surface area contributed by atoms with Crippen LogP contribution in [-0.2, 0) is 0 Å². The summed E-state index contributed by atoms with van der Waals surface area (Å²) in [5, 5.41) is 13.6. The van der Waals surface area contributed by atoms with Crippen LogP contribution in [0.25, 0.3) is 10.9 Å². The third kappa shape index (κ3) is 3.32.